The molecule has 2 aliphatic heterocycles. The molecule has 6 heteroatoms. The van der Waals surface area contributed by atoms with Crippen LogP contribution in [0.2, 0.25) is 10.0 Å². The molecule has 2 saturated heterocycles. The predicted octanol–water partition coefficient (Wildman–Crippen LogP) is 2.82. The summed E-state index contributed by atoms with van der Waals surface area (Å²) in [5, 5.41) is 1.05. The summed E-state index contributed by atoms with van der Waals surface area (Å²) >= 11 is 12.0. The van der Waals surface area contributed by atoms with Crippen molar-refractivity contribution < 1.29 is 9.53 Å². The average molecular weight is 329 g/mol. The molecule has 0 bridgehead atoms. The lowest BCUT2D eigenvalue weighted by Crippen LogP contribution is -2.56. The van der Waals surface area contributed by atoms with Gasteiger partial charge in [0, 0.05) is 25.3 Å². The van der Waals surface area contributed by atoms with Crippen molar-refractivity contribution in [2.24, 2.45) is 0 Å². The highest BCUT2D eigenvalue weighted by molar-refractivity contribution is 6.42. The number of carbonyl (C=O) groups excluding carboxylic acids is 1. The Hall–Kier alpha value is -0.970. The van der Waals surface area contributed by atoms with Crippen LogP contribution in [0.5, 0.6) is 0 Å². The predicted molar refractivity (Wildman–Crippen MR) is 84.2 cm³/mol. The summed E-state index contributed by atoms with van der Waals surface area (Å²) in [7, 11) is 0. The van der Waals surface area contributed by atoms with Crippen LogP contribution in [0.3, 0.4) is 0 Å². The highest BCUT2D eigenvalue weighted by atomic mass is 35.5. The molecule has 0 aliphatic carbocycles. The van der Waals surface area contributed by atoms with E-state index in [4.69, 9.17) is 27.9 Å². The number of halogens is 2. The van der Waals surface area contributed by atoms with Crippen LogP contribution in [0.15, 0.2) is 18.2 Å². The summed E-state index contributed by atoms with van der Waals surface area (Å²) < 4.78 is 5.20. The lowest BCUT2D eigenvalue weighted by molar-refractivity contribution is -0.133. The van der Waals surface area contributed by atoms with Crippen molar-refractivity contribution in [3.8, 4) is 0 Å². The van der Waals surface area contributed by atoms with E-state index in [-0.39, 0.29) is 11.9 Å². The number of piperazine rings is 1. The Bertz CT molecular complexity index is 548. The lowest BCUT2D eigenvalue weighted by Gasteiger charge is -2.40. The van der Waals surface area contributed by atoms with E-state index in [2.05, 4.69) is 4.90 Å². The Morgan fingerprint density at radius 1 is 1.29 bits per heavy atom. The molecule has 4 nitrogen and oxygen atoms in total. The highest BCUT2D eigenvalue weighted by Crippen LogP contribution is 2.29. The van der Waals surface area contributed by atoms with Crippen LogP contribution in [0.25, 0.3) is 0 Å². The van der Waals surface area contributed by atoms with Gasteiger partial charge in [-0.1, -0.05) is 23.2 Å². The van der Waals surface area contributed by atoms with Gasteiger partial charge in [-0.05, 0) is 31.5 Å². The van der Waals surface area contributed by atoms with Crippen LogP contribution in [-0.2, 0) is 9.53 Å². The van der Waals surface area contributed by atoms with Crippen molar-refractivity contribution >= 4 is 34.8 Å². The standard InChI is InChI=1S/C15H18Cl2N2O2/c1-10-15(20)18(5-4-12-9-21-12)6-7-19(10)11-2-3-13(16)14(17)8-11/h2-3,8,10,12H,4-7,9H2,1H3. The Morgan fingerprint density at radius 2 is 2.05 bits per heavy atom. The number of anilines is 1. The molecule has 21 heavy (non-hydrogen) atoms. The van der Waals surface area contributed by atoms with E-state index in [1.54, 1.807) is 6.07 Å². The third-order valence-corrected chi connectivity index (χ3v) is 4.84. The fourth-order valence-corrected chi connectivity index (χ4v) is 3.00. The van der Waals surface area contributed by atoms with Crippen molar-refractivity contribution in [3.63, 3.8) is 0 Å². The molecule has 114 valence electrons. The first-order chi connectivity index (χ1) is 10.1. The Kier molecular flexibility index (Phi) is 4.29. The maximum atomic E-state index is 12.5. The first-order valence-corrected chi connectivity index (χ1v) is 7.94. The Labute approximate surface area is 134 Å². The van der Waals surface area contributed by atoms with Gasteiger partial charge in [-0.25, -0.2) is 0 Å². The zero-order valence-electron chi connectivity index (χ0n) is 11.9. The number of rotatable bonds is 4. The number of carbonyl (C=O) groups is 1. The third-order valence-electron chi connectivity index (χ3n) is 4.11. The van der Waals surface area contributed by atoms with E-state index < -0.39 is 0 Å². The largest absolute Gasteiger partial charge is 0.373 e. The number of hydrogen-bond donors (Lipinski definition) is 0. The van der Waals surface area contributed by atoms with Crippen molar-refractivity contribution in [1.29, 1.82) is 0 Å². The molecule has 2 unspecified atom stereocenters. The van der Waals surface area contributed by atoms with Gasteiger partial charge in [-0.15, -0.1) is 0 Å². The summed E-state index contributed by atoms with van der Waals surface area (Å²) in [6, 6.07) is 5.32. The van der Waals surface area contributed by atoms with Crippen LogP contribution >= 0.6 is 23.2 Å². The summed E-state index contributed by atoms with van der Waals surface area (Å²) in [6.07, 6.45) is 1.30. The highest BCUT2D eigenvalue weighted by Gasteiger charge is 2.33. The van der Waals surface area contributed by atoms with E-state index in [1.165, 1.54) is 0 Å². The second-order valence-corrected chi connectivity index (χ2v) is 6.35. The molecule has 1 amide bonds. The van der Waals surface area contributed by atoms with Gasteiger partial charge in [-0.2, -0.15) is 0 Å². The summed E-state index contributed by atoms with van der Waals surface area (Å²) in [6.45, 7) is 5.09. The minimum atomic E-state index is -0.184. The minimum Gasteiger partial charge on any atom is -0.373 e. The number of ether oxygens (including phenoxy) is 1. The Balaban J connectivity index is 1.68. The molecule has 2 aliphatic rings. The molecule has 3 rings (SSSR count). The van der Waals surface area contributed by atoms with E-state index >= 15 is 0 Å². The van der Waals surface area contributed by atoms with Crippen LogP contribution in [0.4, 0.5) is 5.69 Å². The van der Waals surface area contributed by atoms with E-state index in [0.29, 0.717) is 16.1 Å². The van der Waals surface area contributed by atoms with E-state index in [1.807, 2.05) is 24.0 Å². The van der Waals surface area contributed by atoms with E-state index in [9.17, 15) is 4.79 Å². The van der Waals surface area contributed by atoms with Gasteiger partial charge in [0.1, 0.15) is 6.04 Å². The molecule has 0 radical (unpaired) electrons. The molecule has 1 aromatic carbocycles. The van der Waals surface area contributed by atoms with Crippen LogP contribution < -0.4 is 4.90 Å². The van der Waals surface area contributed by atoms with Gasteiger partial charge in [0.05, 0.1) is 22.8 Å². The second kappa shape index (κ2) is 6.03. The molecule has 0 spiro atoms. The topological polar surface area (TPSA) is 36.1 Å². The van der Waals surface area contributed by atoms with Crippen molar-refractivity contribution in [2.75, 3.05) is 31.1 Å². The minimum absolute atomic E-state index is 0.160. The average Bonchev–Trinajstić information content (AvgIpc) is 3.28. The maximum Gasteiger partial charge on any atom is 0.245 e. The molecule has 1 aromatic rings. The molecule has 0 N–H and O–H groups in total. The first kappa shape index (κ1) is 14.9. The van der Waals surface area contributed by atoms with Crippen molar-refractivity contribution in [1.82, 2.24) is 4.90 Å². The van der Waals surface area contributed by atoms with Crippen LogP contribution in [0, 0.1) is 0 Å². The normalized spacial score (nSPS) is 25.4. The number of amides is 1. The van der Waals surface area contributed by atoms with Crippen molar-refractivity contribution in [3.05, 3.63) is 28.2 Å². The van der Waals surface area contributed by atoms with Crippen molar-refractivity contribution in [2.45, 2.75) is 25.5 Å². The maximum absolute atomic E-state index is 12.5. The van der Waals surface area contributed by atoms with Gasteiger partial charge >= 0.3 is 0 Å². The van der Waals surface area contributed by atoms with Crippen LogP contribution in [-0.4, -0.2) is 49.2 Å². The molecule has 0 aromatic heterocycles. The fourth-order valence-electron chi connectivity index (χ4n) is 2.70. The molecule has 2 atom stereocenters. The van der Waals surface area contributed by atoms with Crippen LogP contribution in [0.1, 0.15) is 13.3 Å². The van der Waals surface area contributed by atoms with Gasteiger partial charge in [-0.3, -0.25) is 4.79 Å². The zero-order valence-corrected chi connectivity index (χ0v) is 13.4. The first-order valence-electron chi connectivity index (χ1n) is 7.18. The molecule has 0 saturated carbocycles. The summed E-state index contributed by atoms with van der Waals surface area (Å²) in [4.78, 5) is 16.5. The Morgan fingerprint density at radius 3 is 2.71 bits per heavy atom. The summed E-state index contributed by atoms with van der Waals surface area (Å²) in [5.74, 6) is 0.160. The monoisotopic (exact) mass is 328 g/mol. The quantitative estimate of drug-likeness (QED) is 0.797. The molecular weight excluding hydrogens is 311 g/mol. The summed E-state index contributed by atoms with van der Waals surface area (Å²) in [5.41, 5.74) is 0.940. The van der Waals surface area contributed by atoms with Gasteiger partial charge in [0.25, 0.3) is 0 Å². The lowest BCUT2D eigenvalue weighted by atomic mass is 10.1. The fraction of sp³-hybridized carbons (Fsp3) is 0.533. The van der Waals surface area contributed by atoms with Gasteiger partial charge in [0.15, 0.2) is 0 Å². The van der Waals surface area contributed by atoms with Gasteiger partial charge in [0.2, 0.25) is 5.91 Å². The smallest absolute Gasteiger partial charge is 0.245 e. The van der Waals surface area contributed by atoms with E-state index in [0.717, 1.165) is 38.3 Å². The number of hydrogen-bond acceptors (Lipinski definition) is 3. The number of benzene rings is 1. The zero-order chi connectivity index (χ0) is 15.0. The van der Waals surface area contributed by atoms with Gasteiger partial charge < -0.3 is 14.5 Å². The number of epoxide rings is 1. The molecule has 2 heterocycles. The third kappa shape index (κ3) is 3.28. The SMILES string of the molecule is CC1C(=O)N(CCC2CO2)CCN1c1ccc(Cl)c(Cl)c1. The number of nitrogens with zero attached hydrogens (tertiary/aromatic N) is 2. The molecule has 2 fully saturated rings. The second-order valence-electron chi connectivity index (χ2n) is 5.54. The molecular formula is C15H18Cl2N2O2.